The lowest BCUT2D eigenvalue weighted by Crippen LogP contribution is -2.03. The number of hydrogen-bond donors (Lipinski definition) is 1. The van der Waals surface area contributed by atoms with Crippen molar-refractivity contribution < 1.29 is 24.1 Å². The van der Waals surface area contributed by atoms with Crippen molar-refractivity contribution in [3.05, 3.63) is 95.6 Å². The molecule has 0 aliphatic carbocycles. The van der Waals surface area contributed by atoms with Gasteiger partial charge in [-0.3, -0.25) is 4.79 Å². The molecule has 0 unspecified atom stereocenters. The molecular weight excluding hydrogens is 440 g/mol. The zero-order valence-electron chi connectivity index (χ0n) is 20.5. The minimum atomic E-state index is -0.250. The third kappa shape index (κ3) is 7.92. The Labute approximate surface area is 208 Å². The Morgan fingerprint density at radius 1 is 0.800 bits per heavy atom. The Hall–Kier alpha value is -3.73. The van der Waals surface area contributed by atoms with E-state index in [4.69, 9.17) is 14.2 Å². The van der Waals surface area contributed by atoms with Crippen molar-refractivity contribution in [2.75, 3.05) is 14.2 Å². The van der Waals surface area contributed by atoms with Crippen LogP contribution in [0.15, 0.2) is 78.9 Å². The van der Waals surface area contributed by atoms with E-state index >= 15 is 0 Å². The largest absolute Gasteiger partial charge is 0.507 e. The maximum absolute atomic E-state index is 12.7. The number of phenols is 1. The van der Waals surface area contributed by atoms with Gasteiger partial charge in [-0.15, -0.1) is 0 Å². The molecule has 0 spiro atoms. The van der Waals surface area contributed by atoms with Gasteiger partial charge in [-0.05, 0) is 67.2 Å². The van der Waals surface area contributed by atoms with E-state index in [1.54, 1.807) is 26.4 Å². The highest BCUT2D eigenvalue weighted by Crippen LogP contribution is 2.30. The van der Waals surface area contributed by atoms with Crippen molar-refractivity contribution in [3.63, 3.8) is 0 Å². The van der Waals surface area contributed by atoms with Gasteiger partial charge in [0.25, 0.3) is 0 Å². The number of allylic oxidation sites excluding steroid dienone is 2. The molecule has 0 amide bonds. The highest BCUT2D eigenvalue weighted by molar-refractivity contribution is 6.08. The molecule has 0 saturated carbocycles. The number of rotatable bonds is 14. The number of carbonyl (C=O) groups excluding carboxylic acids is 1. The summed E-state index contributed by atoms with van der Waals surface area (Å²) in [7, 11) is 3.29. The van der Waals surface area contributed by atoms with Crippen molar-refractivity contribution in [3.8, 4) is 23.0 Å². The van der Waals surface area contributed by atoms with E-state index in [0.29, 0.717) is 12.4 Å². The molecule has 0 saturated heterocycles. The Morgan fingerprint density at radius 3 is 2.34 bits per heavy atom. The summed E-state index contributed by atoms with van der Waals surface area (Å²) in [5.41, 5.74) is 2.44. The molecule has 0 aliphatic heterocycles. The summed E-state index contributed by atoms with van der Waals surface area (Å²) in [5, 5.41) is 10.3. The number of phenolic OH excluding ortho intramolecular Hbond substituents is 1. The molecule has 1 N–H and O–H groups in total. The Kier molecular flexibility index (Phi) is 10.2. The standard InChI is InChI=1S/C30H34O5/c1-33-27-20-19-23(21-29(27)34-2)13-8-5-3-4-6-11-16-25(31)30-26(32)17-12-18-28(30)35-22-24-14-9-7-10-15-24/h7,9-12,14-21,32H,3-6,8,13,22H2,1-2H3/b16-11+. The average molecular weight is 475 g/mol. The van der Waals surface area contributed by atoms with E-state index in [2.05, 4.69) is 6.07 Å². The molecule has 0 atom stereocenters. The number of hydrogen-bond acceptors (Lipinski definition) is 5. The molecule has 184 valence electrons. The van der Waals surface area contributed by atoms with Gasteiger partial charge in [0.05, 0.1) is 14.2 Å². The fraction of sp³-hybridized carbons (Fsp3) is 0.300. The second-order valence-corrected chi connectivity index (χ2v) is 8.33. The van der Waals surface area contributed by atoms with Crippen molar-refractivity contribution in [2.45, 2.75) is 45.1 Å². The van der Waals surface area contributed by atoms with E-state index in [1.165, 1.54) is 17.7 Å². The summed E-state index contributed by atoms with van der Waals surface area (Å²) in [6.45, 7) is 0.331. The van der Waals surface area contributed by atoms with E-state index in [1.807, 2.05) is 48.5 Å². The van der Waals surface area contributed by atoms with Crippen LogP contribution in [0.4, 0.5) is 0 Å². The van der Waals surface area contributed by atoms with Gasteiger partial charge in [0.15, 0.2) is 17.3 Å². The van der Waals surface area contributed by atoms with Crippen LogP contribution in [-0.4, -0.2) is 25.1 Å². The van der Waals surface area contributed by atoms with Gasteiger partial charge in [-0.2, -0.15) is 0 Å². The van der Waals surface area contributed by atoms with Crippen molar-refractivity contribution in [2.24, 2.45) is 0 Å². The number of aromatic hydroxyl groups is 1. The lowest BCUT2D eigenvalue weighted by molar-refractivity contribution is 0.103. The Morgan fingerprint density at radius 2 is 1.57 bits per heavy atom. The van der Waals surface area contributed by atoms with E-state index in [9.17, 15) is 9.90 Å². The van der Waals surface area contributed by atoms with Gasteiger partial charge < -0.3 is 19.3 Å². The molecule has 0 radical (unpaired) electrons. The fourth-order valence-electron chi connectivity index (χ4n) is 3.88. The van der Waals surface area contributed by atoms with Gasteiger partial charge in [0.2, 0.25) is 0 Å². The third-order valence-corrected chi connectivity index (χ3v) is 5.79. The molecule has 0 aliphatic rings. The first-order valence-corrected chi connectivity index (χ1v) is 12.0. The Bertz CT molecular complexity index is 1100. The number of unbranched alkanes of at least 4 members (excludes halogenated alkanes) is 4. The van der Waals surface area contributed by atoms with E-state index < -0.39 is 0 Å². The number of ketones is 1. The first kappa shape index (κ1) is 25.9. The van der Waals surface area contributed by atoms with Gasteiger partial charge >= 0.3 is 0 Å². The zero-order valence-corrected chi connectivity index (χ0v) is 20.5. The van der Waals surface area contributed by atoms with Gasteiger partial charge in [0.1, 0.15) is 23.7 Å². The van der Waals surface area contributed by atoms with Crippen LogP contribution in [0, 0.1) is 0 Å². The highest BCUT2D eigenvalue weighted by Gasteiger charge is 2.15. The van der Waals surface area contributed by atoms with Crippen LogP contribution in [-0.2, 0) is 13.0 Å². The molecule has 3 aromatic rings. The lowest BCUT2D eigenvalue weighted by Gasteiger charge is -2.11. The topological polar surface area (TPSA) is 65.0 Å². The second kappa shape index (κ2) is 13.9. The van der Waals surface area contributed by atoms with Crippen LogP contribution in [0.25, 0.3) is 0 Å². The van der Waals surface area contributed by atoms with Crippen molar-refractivity contribution >= 4 is 5.78 Å². The number of benzene rings is 3. The van der Waals surface area contributed by atoms with Crippen molar-refractivity contribution in [1.29, 1.82) is 0 Å². The normalized spacial score (nSPS) is 10.9. The van der Waals surface area contributed by atoms with Crippen LogP contribution in [0.5, 0.6) is 23.0 Å². The quantitative estimate of drug-likeness (QED) is 0.156. The number of ether oxygens (including phenoxy) is 3. The minimum Gasteiger partial charge on any atom is -0.507 e. The first-order valence-electron chi connectivity index (χ1n) is 12.0. The molecule has 0 aromatic heterocycles. The number of methoxy groups -OCH3 is 2. The summed E-state index contributed by atoms with van der Waals surface area (Å²) < 4.78 is 16.5. The average Bonchev–Trinajstić information content (AvgIpc) is 2.89. The monoisotopic (exact) mass is 474 g/mol. The molecule has 5 nitrogen and oxygen atoms in total. The lowest BCUT2D eigenvalue weighted by atomic mass is 10.0. The van der Waals surface area contributed by atoms with Crippen LogP contribution in [0.3, 0.4) is 0 Å². The molecular formula is C30H34O5. The maximum Gasteiger partial charge on any atom is 0.192 e. The predicted molar refractivity (Wildman–Crippen MR) is 139 cm³/mol. The molecule has 35 heavy (non-hydrogen) atoms. The third-order valence-electron chi connectivity index (χ3n) is 5.79. The summed E-state index contributed by atoms with van der Waals surface area (Å²) in [6, 6.07) is 20.7. The first-order chi connectivity index (χ1) is 17.1. The molecule has 3 aromatic carbocycles. The number of aryl methyl sites for hydroxylation is 1. The molecule has 5 heteroatoms. The van der Waals surface area contributed by atoms with E-state index in [-0.39, 0.29) is 17.1 Å². The number of carbonyl (C=O) groups is 1. The van der Waals surface area contributed by atoms with Gasteiger partial charge in [-0.1, -0.05) is 61.4 Å². The zero-order chi connectivity index (χ0) is 24.9. The summed E-state index contributed by atoms with van der Waals surface area (Å²) in [4.78, 5) is 12.7. The van der Waals surface area contributed by atoms with Crippen LogP contribution in [0.1, 0.15) is 53.6 Å². The second-order valence-electron chi connectivity index (χ2n) is 8.33. The molecule has 3 rings (SSSR count). The molecule has 0 fully saturated rings. The van der Waals surface area contributed by atoms with Gasteiger partial charge in [-0.25, -0.2) is 0 Å². The predicted octanol–water partition coefficient (Wildman–Crippen LogP) is 6.92. The fourth-order valence-corrected chi connectivity index (χ4v) is 3.88. The summed E-state index contributed by atoms with van der Waals surface area (Å²) in [6.07, 6.45) is 9.54. The van der Waals surface area contributed by atoms with Crippen LogP contribution in [0.2, 0.25) is 0 Å². The molecule has 0 heterocycles. The van der Waals surface area contributed by atoms with E-state index in [0.717, 1.165) is 55.6 Å². The SMILES string of the molecule is COc1ccc(CCCCCC/C=C/C(=O)c2c(O)cccc2OCc2ccccc2)cc1OC. The maximum atomic E-state index is 12.7. The Balaban J connectivity index is 1.41. The van der Waals surface area contributed by atoms with Crippen LogP contribution < -0.4 is 14.2 Å². The molecule has 0 bridgehead atoms. The summed E-state index contributed by atoms with van der Waals surface area (Å²) >= 11 is 0. The van der Waals surface area contributed by atoms with Crippen LogP contribution >= 0.6 is 0 Å². The van der Waals surface area contributed by atoms with Crippen molar-refractivity contribution in [1.82, 2.24) is 0 Å². The highest BCUT2D eigenvalue weighted by atomic mass is 16.5. The summed E-state index contributed by atoms with van der Waals surface area (Å²) in [5.74, 6) is 1.58. The smallest absolute Gasteiger partial charge is 0.192 e. The van der Waals surface area contributed by atoms with Gasteiger partial charge in [0, 0.05) is 0 Å². The minimum absolute atomic E-state index is 0.0691.